The van der Waals surface area contributed by atoms with Crippen LogP contribution in [0.15, 0.2) is 36.4 Å². The zero-order valence-electron chi connectivity index (χ0n) is 15.1. The summed E-state index contributed by atoms with van der Waals surface area (Å²) in [6, 6.07) is 10.1. The van der Waals surface area contributed by atoms with Crippen LogP contribution in [0.4, 0.5) is 15.8 Å². The van der Waals surface area contributed by atoms with Gasteiger partial charge in [0, 0.05) is 55.9 Å². The highest BCUT2D eigenvalue weighted by Crippen LogP contribution is 2.30. The summed E-state index contributed by atoms with van der Waals surface area (Å²) in [5.74, 6) is -0.265. The molecular formula is C18H23FN4O2S. The van der Waals surface area contributed by atoms with Crippen LogP contribution in [-0.2, 0) is 10.2 Å². The Bertz CT molecular complexity index is 902. The maximum absolute atomic E-state index is 13.4. The normalized spacial score (nSPS) is 18.4. The quantitative estimate of drug-likeness (QED) is 0.869. The van der Waals surface area contributed by atoms with Gasteiger partial charge in [0.05, 0.1) is 0 Å². The van der Waals surface area contributed by atoms with Crippen molar-refractivity contribution in [1.29, 1.82) is 0 Å². The number of aryl methyl sites for hydroxylation is 1. The van der Waals surface area contributed by atoms with E-state index in [1.807, 2.05) is 19.1 Å². The van der Waals surface area contributed by atoms with Crippen molar-refractivity contribution >= 4 is 21.6 Å². The molecule has 0 bridgehead atoms. The molecule has 1 saturated heterocycles. The van der Waals surface area contributed by atoms with E-state index in [4.69, 9.17) is 0 Å². The van der Waals surface area contributed by atoms with E-state index in [0.29, 0.717) is 18.8 Å². The number of nitrogens with one attached hydrogen (secondary N) is 1. The van der Waals surface area contributed by atoms with Crippen LogP contribution in [0, 0.1) is 12.7 Å². The number of benzene rings is 1. The SMILES string of the molecule is Cc1cc(Nc2cccc(F)c2)cc(C2CCN(S(=O)(=O)N(C)C)C2)n1. The standard InChI is InChI=1S/C18H23FN4O2S/c1-13-9-17(21-16-6-4-5-15(19)10-16)11-18(20-13)14-7-8-23(12-14)26(24,25)22(2)3/h4-6,9-11,14H,7-8,12H2,1-3H3,(H,20,21). The lowest BCUT2D eigenvalue weighted by Crippen LogP contribution is -2.38. The lowest BCUT2D eigenvalue weighted by atomic mass is 10.0. The molecule has 2 aromatic rings. The van der Waals surface area contributed by atoms with E-state index in [9.17, 15) is 12.8 Å². The molecular weight excluding hydrogens is 355 g/mol. The zero-order chi connectivity index (χ0) is 18.9. The molecule has 1 aromatic carbocycles. The van der Waals surface area contributed by atoms with Crippen molar-refractivity contribution < 1.29 is 12.8 Å². The number of aromatic nitrogens is 1. The Balaban J connectivity index is 1.80. The molecule has 0 amide bonds. The summed E-state index contributed by atoms with van der Waals surface area (Å²) in [6.45, 7) is 2.79. The van der Waals surface area contributed by atoms with Gasteiger partial charge >= 0.3 is 0 Å². The number of anilines is 2. The van der Waals surface area contributed by atoms with Crippen LogP contribution in [0.25, 0.3) is 0 Å². The van der Waals surface area contributed by atoms with Gasteiger partial charge in [-0.15, -0.1) is 0 Å². The van der Waals surface area contributed by atoms with Gasteiger partial charge < -0.3 is 5.32 Å². The van der Waals surface area contributed by atoms with Crippen molar-refractivity contribution in [3.63, 3.8) is 0 Å². The maximum atomic E-state index is 13.4. The Morgan fingerprint density at radius 1 is 1.23 bits per heavy atom. The lowest BCUT2D eigenvalue weighted by Gasteiger charge is -2.21. The Morgan fingerprint density at radius 2 is 2.00 bits per heavy atom. The largest absolute Gasteiger partial charge is 0.355 e. The van der Waals surface area contributed by atoms with Crippen LogP contribution in [0.1, 0.15) is 23.7 Å². The molecule has 3 rings (SSSR count). The van der Waals surface area contributed by atoms with Gasteiger partial charge in [0.1, 0.15) is 5.82 Å². The minimum absolute atomic E-state index is 0.0395. The van der Waals surface area contributed by atoms with Gasteiger partial charge in [-0.3, -0.25) is 4.98 Å². The van der Waals surface area contributed by atoms with Gasteiger partial charge in [0.15, 0.2) is 0 Å². The smallest absolute Gasteiger partial charge is 0.281 e. The van der Waals surface area contributed by atoms with E-state index in [1.165, 1.54) is 34.8 Å². The Morgan fingerprint density at radius 3 is 2.69 bits per heavy atom. The van der Waals surface area contributed by atoms with Crippen LogP contribution in [0.2, 0.25) is 0 Å². The highest BCUT2D eigenvalue weighted by atomic mass is 32.2. The molecule has 0 spiro atoms. The molecule has 2 heterocycles. The minimum Gasteiger partial charge on any atom is -0.355 e. The van der Waals surface area contributed by atoms with Crippen molar-refractivity contribution in [2.45, 2.75) is 19.3 Å². The predicted octanol–water partition coefficient (Wildman–Crippen LogP) is 2.87. The molecule has 1 fully saturated rings. The van der Waals surface area contributed by atoms with E-state index in [-0.39, 0.29) is 11.7 Å². The molecule has 140 valence electrons. The second kappa shape index (κ2) is 7.30. The summed E-state index contributed by atoms with van der Waals surface area (Å²) >= 11 is 0. The van der Waals surface area contributed by atoms with Gasteiger partial charge in [0.25, 0.3) is 10.2 Å². The van der Waals surface area contributed by atoms with Crippen LogP contribution in [0.3, 0.4) is 0 Å². The Labute approximate surface area is 153 Å². The van der Waals surface area contributed by atoms with Crippen molar-refractivity contribution in [1.82, 2.24) is 13.6 Å². The number of halogens is 1. The molecule has 1 aliphatic heterocycles. The fourth-order valence-corrected chi connectivity index (χ4v) is 4.28. The molecule has 1 atom stereocenters. The third-order valence-corrected chi connectivity index (χ3v) is 6.35. The van der Waals surface area contributed by atoms with Gasteiger partial charge in [-0.05, 0) is 43.7 Å². The van der Waals surface area contributed by atoms with E-state index >= 15 is 0 Å². The predicted molar refractivity (Wildman–Crippen MR) is 100 cm³/mol. The highest BCUT2D eigenvalue weighted by molar-refractivity contribution is 7.86. The monoisotopic (exact) mass is 378 g/mol. The second-order valence-corrected chi connectivity index (χ2v) is 8.83. The van der Waals surface area contributed by atoms with E-state index in [0.717, 1.165) is 23.5 Å². The average molecular weight is 378 g/mol. The number of rotatable bonds is 5. The van der Waals surface area contributed by atoms with Crippen molar-refractivity contribution in [2.75, 3.05) is 32.5 Å². The molecule has 1 N–H and O–H groups in total. The molecule has 0 radical (unpaired) electrons. The summed E-state index contributed by atoms with van der Waals surface area (Å²) < 4.78 is 40.7. The first-order valence-electron chi connectivity index (χ1n) is 8.44. The fourth-order valence-electron chi connectivity index (χ4n) is 3.12. The van der Waals surface area contributed by atoms with Crippen LogP contribution in [0.5, 0.6) is 0 Å². The summed E-state index contributed by atoms with van der Waals surface area (Å²) in [4.78, 5) is 4.59. The summed E-state index contributed by atoms with van der Waals surface area (Å²) in [6.07, 6.45) is 0.725. The van der Waals surface area contributed by atoms with Crippen molar-refractivity contribution in [2.24, 2.45) is 0 Å². The van der Waals surface area contributed by atoms with Crippen LogP contribution in [-0.4, -0.2) is 49.2 Å². The van der Waals surface area contributed by atoms with Gasteiger partial charge in [-0.2, -0.15) is 17.0 Å². The van der Waals surface area contributed by atoms with E-state index in [1.54, 1.807) is 12.1 Å². The lowest BCUT2D eigenvalue weighted by molar-refractivity contribution is 0.418. The number of hydrogen-bond acceptors (Lipinski definition) is 4. The average Bonchev–Trinajstić information content (AvgIpc) is 3.05. The fraction of sp³-hybridized carbons (Fsp3) is 0.389. The van der Waals surface area contributed by atoms with Crippen LogP contribution >= 0.6 is 0 Å². The molecule has 1 aliphatic rings. The first kappa shape index (κ1) is 18.8. The molecule has 0 saturated carbocycles. The molecule has 6 nitrogen and oxygen atoms in total. The zero-order valence-corrected chi connectivity index (χ0v) is 15.9. The van der Waals surface area contributed by atoms with E-state index in [2.05, 4.69) is 10.3 Å². The highest BCUT2D eigenvalue weighted by Gasteiger charge is 2.34. The molecule has 1 aromatic heterocycles. The Kier molecular flexibility index (Phi) is 5.27. The first-order valence-corrected chi connectivity index (χ1v) is 9.84. The Hall–Kier alpha value is -2.03. The topological polar surface area (TPSA) is 65.5 Å². The molecule has 26 heavy (non-hydrogen) atoms. The maximum Gasteiger partial charge on any atom is 0.281 e. The van der Waals surface area contributed by atoms with E-state index < -0.39 is 10.2 Å². The number of pyridine rings is 1. The first-order chi connectivity index (χ1) is 12.3. The third-order valence-electron chi connectivity index (χ3n) is 4.44. The molecule has 8 heteroatoms. The molecule has 1 unspecified atom stereocenters. The van der Waals surface area contributed by atoms with Crippen molar-refractivity contribution in [3.05, 3.63) is 53.6 Å². The third kappa shape index (κ3) is 4.03. The van der Waals surface area contributed by atoms with Gasteiger partial charge in [0.2, 0.25) is 0 Å². The number of hydrogen-bond donors (Lipinski definition) is 1. The molecule has 0 aliphatic carbocycles. The second-order valence-electron chi connectivity index (χ2n) is 6.69. The van der Waals surface area contributed by atoms with Crippen LogP contribution < -0.4 is 5.32 Å². The summed E-state index contributed by atoms with van der Waals surface area (Å²) in [7, 11) is -0.337. The van der Waals surface area contributed by atoms with Gasteiger partial charge in [-0.1, -0.05) is 6.07 Å². The van der Waals surface area contributed by atoms with Crippen molar-refractivity contribution in [3.8, 4) is 0 Å². The minimum atomic E-state index is -3.41. The summed E-state index contributed by atoms with van der Waals surface area (Å²) in [5.41, 5.74) is 3.15. The summed E-state index contributed by atoms with van der Waals surface area (Å²) in [5, 5.41) is 3.19. The van der Waals surface area contributed by atoms with Gasteiger partial charge in [-0.25, -0.2) is 4.39 Å². The number of nitrogens with zero attached hydrogens (tertiary/aromatic N) is 3.